The third-order valence-electron chi connectivity index (χ3n) is 3.42. The van der Waals surface area contributed by atoms with Crippen LogP contribution in [-0.2, 0) is 9.53 Å². The third kappa shape index (κ3) is 5.55. The summed E-state index contributed by atoms with van der Waals surface area (Å²) < 4.78 is 5.55. The molecule has 0 radical (unpaired) electrons. The number of piperidine rings is 1. The summed E-state index contributed by atoms with van der Waals surface area (Å²) in [6.45, 7) is 6.68. The highest BCUT2D eigenvalue weighted by atomic mass is 35.5. The SMILES string of the molecule is CCCCOC(C)C(=O)N(C)C1CCNCC1.Cl. The number of nitrogens with zero attached hydrogens (tertiary/aromatic N) is 1. The Morgan fingerprint density at radius 3 is 2.61 bits per heavy atom. The van der Waals surface area contributed by atoms with Crippen molar-refractivity contribution in [1.82, 2.24) is 10.2 Å². The molecule has 18 heavy (non-hydrogen) atoms. The highest BCUT2D eigenvalue weighted by Crippen LogP contribution is 2.12. The lowest BCUT2D eigenvalue weighted by Gasteiger charge is -2.33. The summed E-state index contributed by atoms with van der Waals surface area (Å²) in [5.41, 5.74) is 0. The van der Waals surface area contributed by atoms with E-state index in [1.807, 2.05) is 18.9 Å². The molecular formula is C13H27ClN2O2. The molecule has 0 spiro atoms. The molecule has 0 aliphatic carbocycles. The zero-order valence-electron chi connectivity index (χ0n) is 11.8. The van der Waals surface area contributed by atoms with Crippen molar-refractivity contribution < 1.29 is 9.53 Å². The van der Waals surface area contributed by atoms with Crippen LogP contribution in [0, 0.1) is 0 Å². The first kappa shape index (κ1) is 17.7. The van der Waals surface area contributed by atoms with Gasteiger partial charge in [0.2, 0.25) is 0 Å². The van der Waals surface area contributed by atoms with Gasteiger partial charge in [0, 0.05) is 19.7 Å². The maximum atomic E-state index is 12.1. The van der Waals surface area contributed by atoms with Crippen molar-refractivity contribution in [3.63, 3.8) is 0 Å². The molecule has 1 aliphatic rings. The molecule has 5 heteroatoms. The predicted molar refractivity (Wildman–Crippen MR) is 76.2 cm³/mol. The minimum absolute atomic E-state index is 0. The quantitative estimate of drug-likeness (QED) is 0.754. The van der Waals surface area contributed by atoms with E-state index in [0.29, 0.717) is 12.6 Å². The van der Waals surface area contributed by atoms with Gasteiger partial charge in [0.1, 0.15) is 6.10 Å². The van der Waals surface area contributed by atoms with Crippen LogP contribution >= 0.6 is 12.4 Å². The average molecular weight is 279 g/mol. The van der Waals surface area contributed by atoms with Crippen LogP contribution in [0.4, 0.5) is 0 Å². The van der Waals surface area contributed by atoms with E-state index in [9.17, 15) is 4.79 Å². The van der Waals surface area contributed by atoms with E-state index < -0.39 is 0 Å². The van der Waals surface area contributed by atoms with Crippen molar-refractivity contribution in [2.75, 3.05) is 26.7 Å². The van der Waals surface area contributed by atoms with Gasteiger partial charge in [-0.25, -0.2) is 0 Å². The molecule has 4 nitrogen and oxygen atoms in total. The minimum atomic E-state index is -0.304. The monoisotopic (exact) mass is 278 g/mol. The highest BCUT2D eigenvalue weighted by Gasteiger charge is 2.25. The van der Waals surface area contributed by atoms with Gasteiger partial charge in [-0.3, -0.25) is 4.79 Å². The summed E-state index contributed by atoms with van der Waals surface area (Å²) >= 11 is 0. The van der Waals surface area contributed by atoms with Crippen molar-refractivity contribution >= 4 is 18.3 Å². The number of hydrogen-bond acceptors (Lipinski definition) is 3. The van der Waals surface area contributed by atoms with Gasteiger partial charge in [0.05, 0.1) is 0 Å². The second-order valence-corrected chi connectivity index (χ2v) is 4.80. The van der Waals surface area contributed by atoms with Gasteiger partial charge in [0.15, 0.2) is 0 Å². The molecule has 1 heterocycles. The van der Waals surface area contributed by atoms with Gasteiger partial charge in [-0.15, -0.1) is 12.4 Å². The van der Waals surface area contributed by atoms with E-state index in [0.717, 1.165) is 38.8 Å². The number of likely N-dealkylation sites (N-methyl/N-ethyl adjacent to an activating group) is 1. The number of carbonyl (C=O) groups is 1. The van der Waals surface area contributed by atoms with E-state index in [1.165, 1.54) is 0 Å². The van der Waals surface area contributed by atoms with Crippen LogP contribution in [0.1, 0.15) is 39.5 Å². The molecule has 0 aromatic carbocycles. The van der Waals surface area contributed by atoms with Crippen molar-refractivity contribution in [1.29, 1.82) is 0 Å². The molecular weight excluding hydrogens is 252 g/mol. The van der Waals surface area contributed by atoms with Gasteiger partial charge in [-0.1, -0.05) is 13.3 Å². The number of unbranched alkanes of at least 4 members (excludes halogenated alkanes) is 1. The van der Waals surface area contributed by atoms with Crippen LogP contribution in [0.3, 0.4) is 0 Å². The second kappa shape index (κ2) is 9.59. The molecule has 1 atom stereocenters. The Morgan fingerprint density at radius 1 is 1.44 bits per heavy atom. The summed E-state index contributed by atoms with van der Waals surface area (Å²) in [4.78, 5) is 14.0. The molecule has 0 aromatic heterocycles. The third-order valence-corrected chi connectivity index (χ3v) is 3.42. The van der Waals surface area contributed by atoms with Crippen LogP contribution in [0.5, 0.6) is 0 Å². The van der Waals surface area contributed by atoms with Crippen LogP contribution in [0.2, 0.25) is 0 Å². The molecule has 1 N–H and O–H groups in total. The number of halogens is 1. The van der Waals surface area contributed by atoms with E-state index >= 15 is 0 Å². The number of amides is 1. The molecule has 1 unspecified atom stereocenters. The second-order valence-electron chi connectivity index (χ2n) is 4.80. The number of nitrogens with one attached hydrogen (secondary N) is 1. The molecule has 1 rings (SSSR count). The number of rotatable bonds is 6. The first-order chi connectivity index (χ1) is 8.16. The lowest BCUT2D eigenvalue weighted by Crippen LogP contribution is -2.47. The summed E-state index contributed by atoms with van der Waals surface area (Å²) in [5.74, 6) is 0.119. The maximum Gasteiger partial charge on any atom is 0.251 e. The van der Waals surface area contributed by atoms with Crippen LogP contribution in [-0.4, -0.2) is 49.7 Å². The van der Waals surface area contributed by atoms with Crippen molar-refractivity contribution in [3.8, 4) is 0 Å². The fraction of sp³-hybridized carbons (Fsp3) is 0.923. The Hall–Kier alpha value is -0.320. The lowest BCUT2D eigenvalue weighted by atomic mass is 10.0. The van der Waals surface area contributed by atoms with Crippen LogP contribution in [0.25, 0.3) is 0 Å². The summed E-state index contributed by atoms with van der Waals surface area (Å²) in [7, 11) is 1.90. The lowest BCUT2D eigenvalue weighted by molar-refractivity contribution is -0.144. The zero-order chi connectivity index (χ0) is 12.7. The fourth-order valence-electron chi connectivity index (χ4n) is 2.14. The Bertz CT molecular complexity index is 233. The summed E-state index contributed by atoms with van der Waals surface area (Å²) in [6, 6.07) is 0.376. The average Bonchev–Trinajstić information content (AvgIpc) is 2.38. The first-order valence-corrected chi connectivity index (χ1v) is 6.75. The predicted octanol–water partition coefficient (Wildman–Crippen LogP) is 1.82. The molecule has 1 fully saturated rings. The van der Waals surface area contributed by atoms with Crippen molar-refractivity contribution in [2.24, 2.45) is 0 Å². The van der Waals surface area contributed by atoms with Crippen LogP contribution in [0.15, 0.2) is 0 Å². The highest BCUT2D eigenvalue weighted by molar-refractivity contribution is 5.85. The zero-order valence-corrected chi connectivity index (χ0v) is 12.6. The fourth-order valence-corrected chi connectivity index (χ4v) is 2.14. The van der Waals surface area contributed by atoms with E-state index in [1.54, 1.807) is 0 Å². The Balaban J connectivity index is 0.00000289. The van der Waals surface area contributed by atoms with Crippen molar-refractivity contribution in [2.45, 2.75) is 51.7 Å². The molecule has 1 saturated heterocycles. The minimum Gasteiger partial charge on any atom is -0.369 e. The molecule has 1 amide bonds. The van der Waals surface area contributed by atoms with E-state index in [4.69, 9.17) is 4.74 Å². The van der Waals surface area contributed by atoms with Gasteiger partial charge in [-0.2, -0.15) is 0 Å². The Kier molecular flexibility index (Phi) is 9.42. The van der Waals surface area contributed by atoms with Gasteiger partial charge < -0.3 is 15.0 Å². The Labute approximate surface area is 117 Å². The smallest absolute Gasteiger partial charge is 0.251 e. The van der Waals surface area contributed by atoms with Gasteiger partial charge >= 0.3 is 0 Å². The van der Waals surface area contributed by atoms with Crippen LogP contribution < -0.4 is 5.32 Å². The molecule has 0 saturated carbocycles. The number of hydrogen-bond donors (Lipinski definition) is 1. The largest absolute Gasteiger partial charge is 0.369 e. The van der Waals surface area contributed by atoms with E-state index in [-0.39, 0.29) is 24.4 Å². The Morgan fingerprint density at radius 2 is 2.06 bits per heavy atom. The van der Waals surface area contributed by atoms with Crippen molar-refractivity contribution in [3.05, 3.63) is 0 Å². The summed E-state index contributed by atoms with van der Waals surface area (Å²) in [6.07, 6.45) is 3.91. The normalized spacial score (nSPS) is 17.9. The van der Waals surface area contributed by atoms with Gasteiger partial charge in [0.25, 0.3) is 5.91 Å². The van der Waals surface area contributed by atoms with E-state index in [2.05, 4.69) is 12.2 Å². The topological polar surface area (TPSA) is 41.6 Å². The number of ether oxygens (including phenoxy) is 1. The maximum absolute atomic E-state index is 12.1. The number of carbonyl (C=O) groups excluding carboxylic acids is 1. The molecule has 1 aliphatic heterocycles. The molecule has 0 aromatic rings. The standard InChI is InChI=1S/C13H26N2O2.ClH/c1-4-5-10-17-11(2)13(16)15(3)12-6-8-14-9-7-12;/h11-12,14H,4-10H2,1-3H3;1H. The molecule has 0 bridgehead atoms. The summed E-state index contributed by atoms with van der Waals surface area (Å²) in [5, 5.41) is 3.31. The molecule has 108 valence electrons. The first-order valence-electron chi connectivity index (χ1n) is 6.75. The van der Waals surface area contributed by atoms with Gasteiger partial charge in [-0.05, 0) is 39.3 Å².